The van der Waals surface area contributed by atoms with Gasteiger partial charge in [0.05, 0.1) is 7.11 Å². The molecule has 0 aliphatic rings. The summed E-state index contributed by atoms with van der Waals surface area (Å²) in [6.45, 7) is 3.20. The lowest BCUT2D eigenvalue weighted by Crippen LogP contribution is -2.49. The Morgan fingerprint density at radius 2 is 2.12 bits per heavy atom. The van der Waals surface area contributed by atoms with E-state index in [0.29, 0.717) is 11.5 Å². The predicted octanol–water partition coefficient (Wildman–Crippen LogP) is 1.18. The Morgan fingerprint density at radius 1 is 1.47 bits per heavy atom. The third-order valence-corrected chi connectivity index (χ3v) is 2.34. The van der Waals surface area contributed by atoms with Crippen LogP contribution in [0.25, 0.3) is 0 Å². The van der Waals surface area contributed by atoms with Crippen LogP contribution >= 0.6 is 0 Å². The molecule has 0 heterocycles. The summed E-state index contributed by atoms with van der Waals surface area (Å²) in [6.07, 6.45) is 0. The fourth-order valence-corrected chi connectivity index (χ4v) is 1.18. The smallest absolute Gasteiger partial charge is 0.326 e. The van der Waals surface area contributed by atoms with Gasteiger partial charge in [-0.05, 0) is 31.5 Å². The monoisotopic (exact) mass is 239 g/mol. The third kappa shape index (κ3) is 3.35. The van der Waals surface area contributed by atoms with Crippen LogP contribution in [0.5, 0.6) is 11.5 Å². The quantitative estimate of drug-likeness (QED) is 0.806. The molecular formula is C12H17NO4. The summed E-state index contributed by atoms with van der Waals surface area (Å²) in [5.74, 6) is -0.0641. The number of carboxylic acid groups (broad SMARTS) is 1. The molecule has 5 nitrogen and oxygen atoms in total. The summed E-state index contributed by atoms with van der Waals surface area (Å²) >= 11 is 0. The third-order valence-electron chi connectivity index (χ3n) is 2.34. The zero-order valence-corrected chi connectivity index (χ0v) is 10.2. The Labute approximate surface area is 100 Å². The summed E-state index contributed by atoms with van der Waals surface area (Å²) < 4.78 is 10.5. The summed E-state index contributed by atoms with van der Waals surface area (Å²) in [6, 6.07) is 5.39. The maximum atomic E-state index is 10.8. The molecule has 0 fully saturated rings. The molecule has 3 N–H and O–H groups in total. The normalized spacial score (nSPS) is 13.9. The molecule has 0 saturated carbocycles. The lowest BCUT2D eigenvalue weighted by Gasteiger charge is -2.20. The van der Waals surface area contributed by atoms with Crippen LogP contribution in [0, 0.1) is 6.92 Å². The Balaban J connectivity index is 2.79. The average molecular weight is 239 g/mol. The molecular weight excluding hydrogens is 222 g/mol. The summed E-state index contributed by atoms with van der Waals surface area (Å²) in [4.78, 5) is 10.8. The van der Waals surface area contributed by atoms with Crippen LogP contribution in [0.15, 0.2) is 18.2 Å². The van der Waals surface area contributed by atoms with E-state index in [1.807, 2.05) is 19.1 Å². The van der Waals surface area contributed by atoms with Crippen molar-refractivity contribution in [3.63, 3.8) is 0 Å². The van der Waals surface area contributed by atoms with Crippen LogP contribution in [0.3, 0.4) is 0 Å². The molecule has 1 unspecified atom stereocenters. The second kappa shape index (κ2) is 5.05. The van der Waals surface area contributed by atoms with Crippen molar-refractivity contribution in [1.29, 1.82) is 0 Å². The zero-order chi connectivity index (χ0) is 13.1. The molecule has 0 aromatic heterocycles. The van der Waals surface area contributed by atoms with Gasteiger partial charge in [0.2, 0.25) is 0 Å². The average Bonchev–Trinajstić information content (AvgIpc) is 2.27. The maximum absolute atomic E-state index is 10.8. The molecule has 1 atom stereocenters. The van der Waals surface area contributed by atoms with Crippen LogP contribution in [-0.4, -0.2) is 30.3 Å². The van der Waals surface area contributed by atoms with Crippen LogP contribution in [0.2, 0.25) is 0 Å². The van der Waals surface area contributed by atoms with Crippen molar-refractivity contribution < 1.29 is 19.4 Å². The lowest BCUT2D eigenvalue weighted by atomic mass is 10.1. The van der Waals surface area contributed by atoms with Crippen molar-refractivity contribution in [3.05, 3.63) is 23.8 Å². The molecule has 94 valence electrons. The van der Waals surface area contributed by atoms with E-state index in [2.05, 4.69) is 0 Å². The molecule has 1 rings (SSSR count). The minimum Gasteiger partial charge on any atom is -0.493 e. The number of carboxylic acids is 1. The number of rotatable bonds is 5. The van der Waals surface area contributed by atoms with Crippen LogP contribution < -0.4 is 15.2 Å². The van der Waals surface area contributed by atoms with E-state index in [9.17, 15) is 4.79 Å². The van der Waals surface area contributed by atoms with E-state index in [4.69, 9.17) is 20.3 Å². The first-order valence-corrected chi connectivity index (χ1v) is 5.16. The predicted molar refractivity (Wildman–Crippen MR) is 63.5 cm³/mol. The van der Waals surface area contributed by atoms with Crippen molar-refractivity contribution in [2.45, 2.75) is 19.4 Å². The number of aliphatic carboxylic acids is 1. The van der Waals surface area contributed by atoms with E-state index in [1.165, 1.54) is 14.0 Å². The molecule has 0 radical (unpaired) electrons. The highest BCUT2D eigenvalue weighted by Crippen LogP contribution is 2.28. The Bertz CT molecular complexity index is 415. The minimum absolute atomic E-state index is 0.123. The van der Waals surface area contributed by atoms with Gasteiger partial charge in [0.25, 0.3) is 0 Å². The number of methoxy groups -OCH3 is 1. The van der Waals surface area contributed by atoms with Crippen molar-refractivity contribution in [1.82, 2.24) is 0 Å². The number of hydrogen-bond donors (Lipinski definition) is 2. The lowest BCUT2D eigenvalue weighted by molar-refractivity contribution is -0.143. The fraction of sp³-hybridized carbons (Fsp3) is 0.417. The summed E-state index contributed by atoms with van der Waals surface area (Å²) in [5, 5.41) is 8.85. The first-order chi connectivity index (χ1) is 7.86. The highest BCUT2D eigenvalue weighted by Gasteiger charge is 2.29. The zero-order valence-electron chi connectivity index (χ0n) is 10.2. The number of carbonyl (C=O) groups is 1. The second-order valence-corrected chi connectivity index (χ2v) is 4.17. The van der Waals surface area contributed by atoms with Crippen molar-refractivity contribution in [2.75, 3.05) is 13.7 Å². The molecule has 0 aliphatic carbocycles. The number of ether oxygens (including phenoxy) is 2. The molecule has 1 aromatic carbocycles. The Kier molecular flexibility index (Phi) is 3.96. The van der Waals surface area contributed by atoms with Gasteiger partial charge in [-0.2, -0.15) is 0 Å². The van der Waals surface area contributed by atoms with Gasteiger partial charge in [-0.25, -0.2) is 0 Å². The van der Waals surface area contributed by atoms with Crippen LogP contribution in [-0.2, 0) is 4.79 Å². The summed E-state index contributed by atoms with van der Waals surface area (Å²) in [7, 11) is 1.53. The fourth-order valence-electron chi connectivity index (χ4n) is 1.18. The van der Waals surface area contributed by atoms with Gasteiger partial charge in [0, 0.05) is 0 Å². The molecule has 5 heteroatoms. The Morgan fingerprint density at radius 3 is 2.65 bits per heavy atom. The van der Waals surface area contributed by atoms with E-state index in [1.54, 1.807) is 6.07 Å². The SMILES string of the molecule is COc1cc(C)ccc1OCC(C)(N)C(=O)O. The topological polar surface area (TPSA) is 81.8 Å². The van der Waals surface area contributed by atoms with E-state index in [0.717, 1.165) is 5.56 Å². The highest BCUT2D eigenvalue weighted by atomic mass is 16.5. The van der Waals surface area contributed by atoms with Gasteiger partial charge in [0.15, 0.2) is 11.5 Å². The number of nitrogens with two attached hydrogens (primary N) is 1. The van der Waals surface area contributed by atoms with Gasteiger partial charge >= 0.3 is 5.97 Å². The van der Waals surface area contributed by atoms with Crippen molar-refractivity contribution in [2.24, 2.45) is 5.73 Å². The number of benzene rings is 1. The van der Waals surface area contributed by atoms with Crippen molar-refractivity contribution >= 4 is 5.97 Å². The largest absolute Gasteiger partial charge is 0.493 e. The number of hydrogen-bond acceptors (Lipinski definition) is 4. The maximum Gasteiger partial charge on any atom is 0.326 e. The number of aryl methyl sites for hydroxylation is 1. The molecule has 0 amide bonds. The molecule has 17 heavy (non-hydrogen) atoms. The molecule has 1 aromatic rings. The van der Waals surface area contributed by atoms with E-state index >= 15 is 0 Å². The van der Waals surface area contributed by atoms with Gasteiger partial charge in [0.1, 0.15) is 12.1 Å². The van der Waals surface area contributed by atoms with Gasteiger partial charge < -0.3 is 20.3 Å². The van der Waals surface area contributed by atoms with Crippen LogP contribution in [0.1, 0.15) is 12.5 Å². The first kappa shape index (κ1) is 13.3. The highest BCUT2D eigenvalue weighted by molar-refractivity contribution is 5.78. The first-order valence-electron chi connectivity index (χ1n) is 5.16. The molecule has 0 saturated heterocycles. The second-order valence-electron chi connectivity index (χ2n) is 4.17. The van der Waals surface area contributed by atoms with Gasteiger partial charge in [-0.15, -0.1) is 0 Å². The van der Waals surface area contributed by atoms with Gasteiger partial charge in [-0.1, -0.05) is 6.07 Å². The van der Waals surface area contributed by atoms with Gasteiger partial charge in [-0.3, -0.25) is 4.79 Å². The molecule has 0 spiro atoms. The standard InChI is InChI=1S/C12H17NO4/c1-8-4-5-9(10(6-8)16-3)17-7-12(2,13)11(14)15/h4-6H,7,13H2,1-3H3,(H,14,15). The van der Waals surface area contributed by atoms with E-state index < -0.39 is 11.5 Å². The minimum atomic E-state index is -1.42. The molecule has 0 aliphatic heterocycles. The Hall–Kier alpha value is -1.75. The van der Waals surface area contributed by atoms with E-state index in [-0.39, 0.29) is 6.61 Å². The van der Waals surface area contributed by atoms with Crippen LogP contribution in [0.4, 0.5) is 0 Å². The van der Waals surface area contributed by atoms with Crippen molar-refractivity contribution in [3.8, 4) is 11.5 Å². The molecule has 0 bridgehead atoms. The summed E-state index contributed by atoms with van der Waals surface area (Å²) in [5.41, 5.74) is 5.17.